The van der Waals surface area contributed by atoms with E-state index in [0.717, 1.165) is 19.4 Å². The van der Waals surface area contributed by atoms with Crippen LogP contribution in [0, 0.1) is 0 Å². The fraction of sp³-hybridized carbons (Fsp3) is 1.00. The Balaban J connectivity index is -0.0000000639. The Morgan fingerprint density at radius 3 is 1.44 bits per heavy atom. The van der Waals surface area contributed by atoms with E-state index < -0.39 is 0 Å². The third-order valence-electron chi connectivity index (χ3n) is 2.16. The van der Waals surface area contributed by atoms with Crippen molar-refractivity contribution >= 4 is 0 Å². The maximum atomic E-state index is 8.83. The van der Waals surface area contributed by atoms with E-state index >= 15 is 0 Å². The minimum Gasteiger partial charge on any atom is -0.391 e. The third kappa shape index (κ3) is 51.6. The van der Waals surface area contributed by atoms with Gasteiger partial charge in [-0.25, -0.2) is 0 Å². The first-order valence-corrected chi connectivity index (χ1v) is 7.62. The lowest BCUT2D eigenvalue weighted by molar-refractivity contribution is 0.00911. The van der Waals surface area contributed by atoms with Gasteiger partial charge in [0.15, 0.2) is 0 Å². The molecule has 6 heteroatoms. The molecule has 0 radical (unpaired) electrons. The molecule has 0 rings (SSSR count). The highest BCUT2D eigenvalue weighted by Crippen LogP contribution is 1.88. The summed E-state index contributed by atoms with van der Waals surface area (Å²) in [6.07, 6.45) is 1.52. The van der Waals surface area contributed by atoms with E-state index in [0.29, 0.717) is 39.6 Å². The summed E-state index contributed by atoms with van der Waals surface area (Å²) < 4.78 is 20.0. The second kappa shape index (κ2) is 35.0. The molecule has 25 heavy (non-hydrogen) atoms. The monoisotopic (exact) mass is 374 g/mol. The predicted molar refractivity (Wildman–Crippen MR) is 110 cm³/mol. The minimum absolute atomic E-state index is 0. The Morgan fingerprint density at radius 2 is 1.08 bits per heavy atom. The summed E-state index contributed by atoms with van der Waals surface area (Å²) in [5.74, 6) is 0. The van der Waals surface area contributed by atoms with E-state index in [4.69, 9.17) is 29.2 Å². The minimum atomic E-state index is -0.374. The van der Waals surface area contributed by atoms with Crippen molar-refractivity contribution in [3.05, 3.63) is 0 Å². The smallest absolute Gasteiger partial charge is 0.0745 e. The SMILES string of the molecule is C.C.C.C.CCCCOCCOCC(C)O.COCCOCC(C)O. The molecule has 6 nitrogen and oxygen atoms in total. The zero-order valence-electron chi connectivity index (χ0n) is 14.0. The van der Waals surface area contributed by atoms with Crippen molar-refractivity contribution in [1.29, 1.82) is 0 Å². The van der Waals surface area contributed by atoms with Gasteiger partial charge in [0.25, 0.3) is 0 Å². The van der Waals surface area contributed by atoms with Crippen molar-refractivity contribution in [3.63, 3.8) is 0 Å². The summed E-state index contributed by atoms with van der Waals surface area (Å²) in [5, 5.41) is 17.5. The summed E-state index contributed by atoms with van der Waals surface area (Å²) in [4.78, 5) is 0. The first-order valence-electron chi connectivity index (χ1n) is 7.62. The highest BCUT2D eigenvalue weighted by molar-refractivity contribution is 4.41. The average molecular weight is 375 g/mol. The molecule has 0 heterocycles. The molecule has 0 aliphatic rings. The number of hydrogen-bond acceptors (Lipinski definition) is 6. The Kier molecular flexibility index (Phi) is 55.6. The summed E-state index contributed by atoms with van der Waals surface area (Å²) in [6, 6.07) is 0. The number of hydrogen-bond donors (Lipinski definition) is 2. The molecule has 2 atom stereocenters. The second-order valence-electron chi connectivity index (χ2n) is 4.81. The van der Waals surface area contributed by atoms with Crippen LogP contribution in [-0.4, -0.2) is 75.8 Å². The quantitative estimate of drug-likeness (QED) is 0.478. The van der Waals surface area contributed by atoms with E-state index in [1.54, 1.807) is 21.0 Å². The fourth-order valence-corrected chi connectivity index (χ4v) is 1.12. The molecule has 0 aromatic rings. The molecule has 162 valence electrons. The van der Waals surface area contributed by atoms with Crippen LogP contribution in [0.25, 0.3) is 0 Å². The molecule has 0 aliphatic heterocycles. The van der Waals surface area contributed by atoms with Gasteiger partial charge in [0, 0.05) is 13.7 Å². The summed E-state index contributed by atoms with van der Waals surface area (Å²) in [6.45, 7) is 9.49. The molecule has 0 saturated carbocycles. The number of ether oxygens (including phenoxy) is 4. The van der Waals surface area contributed by atoms with Crippen molar-refractivity contribution in [2.75, 3.05) is 53.4 Å². The molecule has 0 aromatic heterocycles. The molecule has 0 bridgehead atoms. The maximum Gasteiger partial charge on any atom is 0.0745 e. The molecular weight excluding hydrogens is 324 g/mol. The lowest BCUT2D eigenvalue weighted by Crippen LogP contribution is -2.13. The largest absolute Gasteiger partial charge is 0.391 e. The van der Waals surface area contributed by atoms with Gasteiger partial charge in [-0.3, -0.25) is 0 Å². The Morgan fingerprint density at radius 1 is 0.680 bits per heavy atom. The third-order valence-corrected chi connectivity index (χ3v) is 2.16. The molecule has 0 fully saturated rings. The van der Waals surface area contributed by atoms with E-state index in [1.165, 1.54) is 0 Å². The summed E-state index contributed by atoms with van der Waals surface area (Å²) >= 11 is 0. The van der Waals surface area contributed by atoms with Crippen LogP contribution in [0.5, 0.6) is 0 Å². The molecule has 0 spiro atoms. The topological polar surface area (TPSA) is 77.4 Å². The van der Waals surface area contributed by atoms with Crippen LogP contribution in [-0.2, 0) is 18.9 Å². The molecule has 2 N–H and O–H groups in total. The fourth-order valence-electron chi connectivity index (χ4n) is 1.12. The lowest BCUT2D eigenvalue weighted by atomic mass is 10.4. The van der Waals surface area contributed by atoms with Crippen LogP contribution in [0.2, 0.25) is 0 Å². The second-order valence-corrected chi connectivity index (χ2v) is 4.81. The first kappa shape index (κ1) is 39.7. The zero-order chi connectivity index (χ0) is 16.3. The van der Waals surface area contributed by atoms with Crippen LogP contribution >= 0.6 is 0 Å². The van der Waals surface area contributed by atoms with Crippen LogP contribution < -0.4 is 0 Å². The summed E-state index contributed by atoms with van der Waals surface area (Å²) in [7, 11) is 1.62. The normalized spacial score (nSPS) is 11.3. The molecule has 0 saturated heterocycles. The zero-order valence-corrected chi connectivity index (χ0v) is 14.0. The van der Waals surface area contributed by atoms with Crippen LogP contribution in [0.15, 0.2) is 0 Å². The van der Waals surface area contributed by atoms with E-state index in [9.17, 15) is 0 Å². The molecule has 2 unspecified atom stereocenters. The Bertz CT molecular complexity index is 177. The van der Waals surface area contributed by atoms with Crippen LogP contribution in [0.4, 0.5) is 0 Å². The highest BCUT2D eigenvalue weighted by atomic mass is 16.5. The van der Waals surface area contributed by atoms with Gasteiger partial charge in [-0.15, -0.1) is 0 Å². The van der Waals surface area contributed by atoms with E-state index in [2.05, 4.69) is 6.92 Å². The van der Waals surface area contributed by atoms with Crippen molar-refractivity contribution in [2.45, 2.75) is 75.5 Å². The lowest BCUT2D eigenvalue weighted by Gasteiger charge is -2.06. The number of methoxy groups -OCH3 is 1. The standard InChI is InChI=1S/C9H20O3.C6H14O3.4CH4/c1-3-4-5-11-6-7-12-8-9(2)10;1-6(7)5-9-4-3-8-2;;;;/h9-10H,3-8H2,1-2H3;6-7H,3-5H2,1-2H3;4*1H4. The van der Waals surface area contributed by atoms with Gasteiger partial charge < -0.3 is 29.2 Å². The maximum absolute atomic E-state index is 8.83. The van der Waals surface area contributed by atoms with Crippen molar-refractivity contribution in [2.24, 2.45) is 0 Å². The Labute approximate surface area is 158 Å². The van der Waals surface area contributed by atoms with Gasteiger partial charge in [0.05, 0.1) is 51.8 Å². The van der Waals surface area contributed by atoms with Crippen molar-refractivity contribution in [3.8, 4) is 0 Å². The van der Waals surface area contributed by atoms with Gasteiger partial charge in [-0.1, -0.05) is 43.1 Å². The molecular formula is C19H50O6. The van der Waals surface area contributed by atoms with Gasteiger partial charge in [-0.05, 0) is 20.3 Å². The van der Waals surface area contributed by atoms with E-state index in [-0.39, 0.29) is 41.9 Å². The summed E-state index contributed by atoms with van der Waals surface area (Å²) in [5.41, 5.74) is 0. The highest BCUT2D eigenvalue weighted by Gasteiger charge is 1.94. The molecule has 0 aromatic carbocycles. The Hall–Kier alpha value is -0.240. The first-order chi connectivity index (χ1) is 10.0. The number of unbranched alkanes of at least 4 members (excludes halogenated alkanes) is 1. The van der Waals surface area contributed by atoms with Crippen molar-refractivity contribution in [1.82, 2.24) is 0 Å². The predicted octanol–water partition coefficient (Wildman–Crippen LogP) is 3.78. The number of rotatable bonds is 13. The van der Waals surface area contributed by atoms with Gasteiger partial charge in [-0.2, -0.15) is 0 Å². The molecule has 0 amide bonds. The van der Waals surface area contributed by atoms with Gasteiger partial charge in [0.1, 0.15) is 0 Å². The van der Waals surface area contributed by atoms with Crippen LogP contribution in [0.3, 0.4) is 0 Å². The van der Waals surface area contributed by atoms with Gasteiger partial charge >= 0.3 is 0 Å². The number of aliphatic hydroxyl groups excluding tert-OH is 2. The van der Waals surface area contributed by atoms with Crippen molar-refractivity contribution < 1.29 is 29.2 Å². The number of aliphatic hydroxyl groups is 2. The molecule has 0 aliphatic carbocycles. The van der Waals surface area contributed by atoms with E-state index in [1.807, 2.05) is 0 Å². The van der Waals surface area contributed by atoms with Crippen LogP contribution in [0.1, 0.15) is 63.3 Å². The average Bonchev–Trinajstić information content (AvgIpc) is 2.43. The van der Waals surface area contributed by atoms with Gasteiger partial charge in [0.2, 0.25) is 0 Å².